The second-order valence-electron chi connectivity index (χ2n) is 3.74. The average molecular weight is 231 g/mol. The summed E-state index contributed by atoms with van der Waals surface area (Å²) in [6, 6.07) is 0. The fourth-order valence-electron chi connectivity index (χ4n) is 1.73. The van der Waals surface area contributed by atoms with Crippen molar-refractivity contribution in [1.82, 2.24) is 4.90 Å². The second-order valence-corrected chi connectivity index (χ2v) is 3.74. The first-order valence-electron chi connectivity index (χ1n) is 4.96. The van der Waals surface area contributed by atoms with Gasteiger partial charge in [0.1, 0.15) is 24.7 Å². The highest BCUT2D eigenvalue weighted by Crippen LogP contribution is 2.26. The summed E-state index contributed by atoms with van der Waals surface area (Å²) in [6.45, 7) is -0.257. The van der Waals surface area contributed by atoms with Gasteiger partial charge in [0.15, 0.2) is 12.4 Å². The molecule has 1 saturated heterocycles. The molecule has 0 saturated carbocycles. The Morgan fingerprint density at radius 1 is 1.69 bits per heavy atom. The Morgan fingerprint density at radius 3 is 2.94 bits per heavy atom. The van der Waals surface area contributed by atoms with Crippen LogP contribution in [0, 0.1) is 0 Å². The number of halogens is 1. The Labute approximate surface area is 91.8 Å². The van der Waals surface area contributed by atoms with Crippen molar-refractivity contribution >= 4 is 5.84 Å². The fraction of sp³-hybridized carbons (Fsp3) is 0.667. The molecule has 2 rings (SSSR count). The molecule has 4 N–H and O–H groups in total. The Hall–Kier alpha value is -1.18. The number of alkyl halides is 1. The summed E-state index contributed by atoms with van der Waals surface area (Å²) in [5.74, 6) is 0.374. The van der Waals surface area contributed by atoms with E-state index in [2.05, 4.69) is 4.99 Å². The third-order valence-electron chi connectivity index (χ3n) is 2.65. The van der Waals surface area contributed by atoms with Crippen molar-refractivity contribution in [1.29, 1.82) is 0 Å². The van der Waals surface area contributed by atoms with Crippen LogP contribution in [0.25, 0.3) is 0 Å². The van der Waals surface area contributed by atoms with Gasteiger partial charge in [-0.2, -0.15) is 0 Å². The number of rotatable bonds is 2. The first-order chi connectivity index (χ1) is 7.63. The standard InChI is InChI=1S/C9H14FN3O3/c10-7-5(3-14)16-9(8(7)15)13-2-1-6(11)12-4-13/h1-2,5,7-9,14-15H,3-4H2,(H2,11,12). The molecule has 2 aliphatic heterocycles. The zero-order chi connectivity index (χ0) is 11.7. The molecular formula is C9H14FN3O3. The molecule has 2 heterocycles. The maximum atomic E-state index is 13.4. The van der Waals surface area contributed by atoms with Crippen molar-refractivity contribution in [2.45, 2.75) is 24.6 Å². The van der Waals surface area contributed by atoms with Gasteiger partial charge in [0, 0.05) is 6.20 Å². The van der Waals surface area contributed by atoms with Crippen molar-refractivity contribution in [3.05, 3.63) is 12.3 Å². The summed E-state index contributed by atoms with van der Waals surface area (Å²) < 4.78 is 18.6. The van der Waals surface area contributed by atoms with Gasteiger partial charge in [0.05, 0.1) is 6.61 Å². The zero-order valence-electron chi connectivity index (χ0n) is 8.53. The summed E-state index contributed by atoms with van der Waals surface area (Å²) in [6.07, 6.45) is -1.58. The molecule has 2 aliphatic rings. The number of nitrogens with zero attached hydrogens (tertiary/aromatic N) is 2. The molecule has 6 nitrogen and oxygen atoms in total. The number of aliphatic imine (C=N–C) groups is 1. The lowest BCUT2D eigenvalue weighted by molar-refractivity contribution is -0.0788. The van der Waals surface area contributed by atoms with E-state index in [4.69, 9.17) is 15.6 Å². The summed E-state index contributed by atoms with van der Waals surface area (Å²) in [4.78, 5) is 5.45. The monoisotopic (exact) mass is 231 g/mol. The molecule has 0 bridgehead atoms. The number of ether oxygens (including phenoxy) is 1. The van der Waals surface area contributed by atoms with Crippen molar-refractivity contribution in [3.8, 4) is 0 Å². The molecule has 0 amide bonds. The molecule has 16 heavy (non-hydrogen) atoms. The molecule has 0 aromatic heterocycles. The number of hydrogen-bond donors (Lipinski definition) is 3. The van der Waals surface area contributed by atoms with Gasteiger partial charge >= 0.3 is 0 Å². The van der Waals surface area contributed by atoms with E-state index in [0.717, 1.165) is 0 Å². The zero-order valence-corrected chi connectivity index (χ0v) is 8.53. The van der Waals surface area contributed by atoms with Crippen molar-refractivity contribution in [2.75, 3.05) is 13.3 Å². The maximum absolute atomic E-state index is 13.4. The fourth-order valence-corrected chi connectivity index (χ4v) is 1.73. The van der Waals surface area contributed by atoms with Crippen LogP contribution in [0.2, 0.25) is 0 Å². The van der Waals surface area contributed by atoms with Gasteiger partial charge in [-0.25, -0.2) is 9.38 Å². The van der Waals surface area contributed by atoms with Crippen molar-refractivity contribution in [3.63, 3.8) is 0 Å². The largest absolute Gasteiger partial charge is 0.394 e. The number of amidine groups is 1. The van der Waals surface area contributed by atoms with E-state index in [1.54, 1.807) is 12.3 Å². The van der Waals surface area contributed by atoms with Crippen LogP contribution in [-0.2, 0) is 4.74 Å². The topological polar surface area (TPSA) is 91.3 Å². The van der Waals surface area contributed by atoms with E-state index in [1.165, 1.54) is 4.90 Å². The summed E-state index contributed by atoms with van der Waals surface area (Å²) in [5.41, 5.74) is 5.43. The van der Waals surface area contributed by atoms with E-state index in [9.17, 15) is 9.50 Å². The third-order valence-corrected chi connectivity index (χ3v) is 2.65. The highest BCUT2D eigenvalue weighted by Gasteiger charge is 2.46. The number of aliphatic hydroxyl groups is 2. The van der Waals surface area contributed by atoms with Gasteiger partial charge in [0.25, 0.3) is 0 Å². The van der Waals surface area contributed by atoms with Crippen LogP contribution in [-0.4, -0.2) is 58.8 Å². The predicted octanol–water partition coefficient (Wildman–Crippen LogP) is -1.45. The molecule has 0 spiro atoms. The number of nitrogens with two attached hydrogens (primary N) is 1. The SMILES string of the molecule is NC1=NCN(C2OC(CO)C(F)C2O)C=C1. The van der Waals surface area contributed by atoms with Gasteiger partial charge in [-0.15, -0.1) is 0 Å². The quantitative estimate of drug-likeness (QED) is 0.540. The van der Waals surface area contributed by atoms with Crippen molar-refractivity contribution < 1.29 is 19.3 Å². The molecule has 0 radical (unpaired) electrons. The van der Waals surface area contributed by atoms with Crippen LogP contribution in [0.3, 0.4) is 0 Å². The van der Waals surface area contributed by atoms with E-state index in [0.29, 0.717) is 5.84 Å². The highest BCUT2D eigenvalue weighted by molar-refractivity contribution is 5.91. The van der Waals surface area contributed by atoms with Crippen LogP contribution >= 0.6 is 0 Å². The normalized spacial score (nSPS) is 38.9. The minimum atomic E-state index is -1.59. The van der Waals surface area contributed by atoms with Gasteiger partial charge in [0.2, 0.25) is 0 Å². The van der Waals surface area contributed by atoms with Gasteiger partial charge < -0.3 is 25.6 Å². The molecule has 7 heteroatoms. The average Bonchev–Trinajstić information content (AvgIpc) is 2.57. The minimum absolute atomic E-state index is 0.203. The summed E-state index contributed by atoms with van der Waals surface area (Å²) in [7, 11) is 0. The van der Waals surface area contributed by atoms with Crippen LogP contribution in [0.1, 0.15) is 0 Å². The lowest BCUT2D eigenvalue weighted by Gasteiger charge is -2.29. The predicted molar refractivity (Wildman–Crippen MR) is 54.1 cm³/mol. The lowest BCUT2D eigenvalue weighted by Crippen LogP contribution is -2.42. The Morgan fingerprint density at radius 2 is 2.44 bits per heavy atom. The van der Waals surface area contributed by atoms with E-state index < -0.39 is 31.2 Å². The Bertz CT molecular complexity index is 323. The molecular weight excluding hydrogens is 217 g/mol. The maximum Gasteiger partial charge on any atom is 0.160 e. The van der Waals surface area contributed by atoms with Crippen LogP contribution in [0.15, 0.2) is 17.3 Å². The molecule has 4 unspecified atom stereocenters. The van der Waals surface area contributed by atoms with Gasteiger partial charge in [-0.3, -0.25) is 0 Å². The highest BCUT2D eigenvalue weighted by atomic mass is 19.1. The van der Waals surface area contributed by atoms with Crippen LogP contribution < -0.4 is 5.73 Å². The van der Waals surface area contributed by atoms with Gasteiger partial charge in [-0.1, -0.05) is 0 Å². The summed E-state index contributed by atoms with van der Waals surface area (Å²) >= 11 is 0. The molecule has 0 aliphatic carbocycles. The number of aliphatic hydroxyl groups excluding tert-OH is 2. The Balaban J connectivity index is 2.04. The first-order valence-corrected chi connectivity index (χ1v) is 4.96. The van der Waals surface area contributed by atoms with E-state index in [-0.39, 0.29) is 6.67 Å². The van der Waals surface area contributed by atoms with Gasteiger partial charge in [-0.05, 0) is 6.08 Å². The molecule has 4 atom stereocenters. The van der Waals surface area contributed by atoms with Crippen LogP contribution in [0.4, 0.5) is 4.39 Å². The van der Waals surface area contributed by atoms with E-state index >= 15 is 0 Å². The molecule has 0 aromatic rings. The molecule has 1 fully saturated rings. The second kappa shape index (κ2) is 4.36. The smallest absolute Gasteiger partial charge is 0.160 e. The minimum Gasteiger partial charge on any atom is -0.394 e. The summed E-state index contributed by atoms with van der Waals surface area (Å²) in [5, 5.41) is 18.5. The molecule has 90 valence electrons. The van der Waals surface area contributed by atoms with E-state index in [1.807, 2.05) is 0 Å². The Kier molecular flexibility index (Phi) is 3.08. The molecule has 0 aromatic carbocycles. The van der Waals surface area contributed by atoms with Crippen LogP contribution in [0.5, 0.6) is 0 Å². The lowest BCUT2D eigenvalue weighted by atomic mass is 10.1. The first kappa shape index (κ1) is 11.3. The third kappa shape index (κ3) is 1.89. The number of hydrogen-bond acceptors (Lipinski definition) is 6. The van der Waals surface area contributed by atoms with Crippen molar-refractivity contribution in [2.24, 2.45) is 10.7 Å².